The Morgan fingerprint density at radius 2 is 1.80 bits per heavy atom. The van der Waals surface area contributed by atoms with Gasteiger partial charge in [0, 0.05) is 5.69 Å². The van der Waals surface area contributed by atoms with E-state index in [1.54, 1.807) is 0 Å². The van der Waals surface area contributed by atoms with Crippen LogP contribution in [0.15, 0.2) is 66.7 Å². The van der Waals surface area contributed by atoms with Gasteiger partial charge < -0.3 is 15.5 Å². The Hall–Kier alpha value is -3.27. The SMILES string of the molecule is Cc1ccc(COc2ccccc2-c2nc3ccc(N)cc3[nH]2)cc1. The summed E-state index contributed by atoms with van der Waals surface area (Å²) in [5.74, 6) is 1.58. The summed E-state index contributed by atoms with van der Waals surface area (Å²) < 4.78 is 6.05. The number of benzene rings is 3. The Balaban J connectivity index is 1.64. The van der Waals surface area contributed by atoms with Crippen molar-refractivity contribution in [1.29, 1.82) is 0 Å². The van der Waals surface area contributed by atoms with Gasteiger partial charge in [-0.25, -0.2) is 4.98 Å². The van der Waals surface area contributed by atoms with E-state index < -0.39 is 0 Å². The maximum Gasteiger partial charge on any atom is 0.142 e. The van der Waals surface area contributed by atoms with Gasteiger partial charge in [0.05, 0.1) is 16.6 Å². The summed E-state index contributed by atoms with van der Waals surface area (Å²) in [7, 11) is 0. The molecule has 0 atom stereocenters. The first-order valence-corrected chi connectivity index (χ1v) is 8.22. The number of hydrogen-bond acceptors (Lipinski definition) is 3. The minimum absolute atomic E-state index is 0.518. The first kappa shape index (κ1) is 15.3. The fraction of sp³-hybridized carbons (Fsp3) is 0.0952. The average molecular weight is 329 g/mol. The number of nitrogens with two attached hydrogens (primary N) is 1. The maximum absolute atomic E-state index is 6.05. The first-order valence-electron chi connectivity index (χ1n) is 8.22. The van der Waals surface area contributed by atoms with Crippen LogP contribution in [0, 0.1) is 6.92 Å². The normalized spacial score (nSPS) is 10.9. The Bertz CT molecular complexity index is 1020. The van der Waals surface area contributed by atoms with Crippen molar-refractivity contribution in [3.05, 3.63) is 77.9 Å². The highest BCUT2D eigenvalue weighted by Gasteiger charge is 2.11. The summed E-state index contributed by atoms with van der Waals surface area (Å²) >= 11 is 0. The number of imidazole rings is 1. The number of nitrogens with zero attached hydrogens (tertiary/aromatic N) is 1. The number of nitrogens with one attached hydrogen (secondary N) is 1. The summed E-state index contributed by atoms with van der Waals surface area (Å²) in [6.45, 7) is 2.60. The van der Waals surface area contributed by atoms with Crippen LogP contribution in [-0.4, -0.2) is 9.97 Å². The molecule has 3 aromatic carbocycles. The highest BCUT2D eigenvalue weighted by molar-refractivity contribution is 5.83. The predicted octanol–water partition coefficient (Wildman–Crippen LogP) is 4.70. The van der Waals surface area contributed by atoms with Crippen LogP contribution in [-0.2, 0) is 6.61 Å². The number of rotatable bonds is 4. The topological polar surface area (TPSA) is 63.9 Å². The van der Waals surface area contributed by atoms with Crippen LogP contribution in [0.3, 0.4) is 0 Å². The largest absolute Gasteiger partial charge is 0.488 e. The third-order valence-electron chi connectivity index (χ3n) is 4.16. The van der Waals surface area contributed by atoms with Crippen LogP contribution in [0.2, 0.25) is 0 Å². The standard InChI is InChI=1S/C21H19N3O/c1-14-6-8-15(9-7-14)13-25-20-5-3-2-4-17(20)21-23-18-11-10-16(22)12-19(18)24-21/h2-12H,13,22H2,1H3,(H,23,24). The van der Waals surface area contributed by atoms with Gasteiger partial charge in [0.25, 0.3) is 0 Å². The summed E-state index contributed by atoms with van der Waals surface area (Å²) in [5.41, 5.74) is 11.7. The first-order chi connectivity index (χ1) is 12.2. The van der Waals surface area contributed by atoms with E-state index >= 15 is 0 Å². The number of aromatic amines is 1. The van der Waals surface area contributed by atoms with E-state index in [-0.39, 0.29) is 0 Å². The summed E-state index contributed by atoms with van der Waals surface area (Å²) in [5, 5.41) is 0. The number of ether oxygens (including phenoxy) is 1. The molecule has 4 aromatic rings. The van der Waals surface area contributed by atoms with Gasteiger partial charge in [0.1, 0.15) is 18.2 Å². The molecule has 0 unspecified atom stereocenters. The fourth-order valence-electron chi connectivity index (χ4n) is 2.79. The van der Waals surface area contributed by atoms with Crippen molar-refractivity contribution in [3.63, 3.8) is 0 Å². The third-order valence-corrected chi connectivity index (χ3v) is 4.16. The lowest BCUT2D eigenvalue weighted by Gasteiger charge is -2.10. The molecule has 4 heteroatoms. The van der Waals surface area contributed by atoms with Crippen LogP contribution in [0.4, 0.5) is 5.69 Å². The van der Waals surface area contributed by atoms with Crippen molar-refractivity contribution in [1.82, 2.24) is 9.97 Å². The molecule has 1 aromatic heterocycles. The number of anilines is 1. The Morgan fingerprint density at radius 3 is 2.64 bits per heavy atom. The molecule has 1 heterocycles. The van der Waals surface area contributed by atoms with E-state index in [4.69, 9.17) is 10.5 Å². The fourth-order valence-corrected chi connectivity index (χ4v) is 2.79. The summed E-state index contributed by atoms with van der Waals surface area (Å²) in [6.07, 6.45) is 0. The van der Waals surface area contributed by atoms with Crippen molar-refractivity contribution in [3.8, 4) is 17.1 Å². The Kier molecular flexibility index (Phi) is 3.86. The smallest absolute Gasteiger partial charge is 0.142 e. The molecule has 0 amide bonds. The molecule has 25 heavy (non-hydrogen) atoms. The second-order valence-electron chi connectivity index (χ2n) is 6.13. The molecule has 0 aliphatic heterocycles. The molecular weight excluding hydrogens is 310 g/mol. The van der Waals surface area contributed by atoms with Crippen molar-refractivity contribution >= 4 is 16.7 Å². The van der Waals surface area contributed by atoms with Crippen LogP contribution < -0.4 is 10.5 Å². The molecule has 0 aliphatic rings. The van der Waals surface area contributed by atoms with Gasteiger partial charge in [-0.2, -0.15) is 0 Å². The zero-order chi connectivity index (χ0) is 17.2. The lowest BCUT2D eigenvalue weighted by atomic mass is 10.1. The van der Waals surface area contributed by atoms with Gasteiger partial charge in [-0.1, -0.05) is 42.0 Å². The van der Waals surface area contributed by atoms with E-state index in [1.807, 2.05) is 42.5 Å². The predicted molar refractivity (Wildman–Crippen MR) is 101 cm³/mol. The molecule has 0 radical (unpaired) electrons. The minimum atomic E-state index is 0.518. The molecule has 3 N–H and O–H groups in total. The molecule has 4 nitrogen and oxygen atoms in total. The molecule has 0 fully saturated rings. The highest BCUT2D eigenvalue weighted by Crippen LogP contribution is 2.30. The molecule has 0 aliphatic carbocycles. The zero-order valence-corrected chi connectivity index (χ0v) is 14.0. The second kappa shape index (κ2) is 6.32. The zero-order valence-electron chi connectivity index (χ0n) is 14.0. The monoisotopic (exact) mass is 329 g/mol. The number of hydrogen-bond donors (Lipinski definition) is 2. The summed E-state index contributed by atoms with van der Waals surface area (Å²) in [4.78, 5) is 7.99. The van der Waals surface area contributed by atoms with Crippen LogP contribution in [0.5, 0.6) is 5.75 Å². The molecule has 0 saturated heterocycles. The van der Waals surface area contributed by atoms with Gasteiger partial charge in [0.15, 0.2) is 0 Å². The maximum atomic E-state index is 6.05. The Morgan fingerprint density at radius 1 is 1.00 bits per heavy atom. The average Bonchev–Trinajstić information content (AvgIpc) is 3.04. The quantitative estimate of drug-likeness (QED) is 0.533. The van der Waals surface area contributed by atoms with Gasteiger partial charge >= 0.3 is 0 Å². The number of aryl methyl sites for hydroxylation is 1. The highest BCUT2D eigenvalue weighted by atomic mass is 16.5. The van der Waals surface area contributed by atoms with Crippen LogP contribution in [0.25, 0.3) is 22.4 Å². The van der Waals surface area contributed by atoms with E-state index in [0.717, 1.165) is 33.7 Å². The van der Waals surface area contributed by atoms with E-state index in [0.29, 0.717) is 12.3 Å². The number of fused-ring (bicyclic) bond motifs is 1. The third kappa shape index (κ3) is 3.19. The minimum Gasteiger partial charge on any atom is -0.488 e. The molecule has 0 spiro atoms. The van der Waals surface area contributed by atoms with Gasteiger partial charge in [0.2, 0.25) is 0 Å². The summed E-state index contributed by atoms with van der Waals surface area (Å²) in [6, 6.07) is 21.9. The van der Waals surface area contributed by atoms with E-state index in [2.05, 4.69) is 41.2 Å². The van der Waals surface area contributed by atoms with Crippen molar-refractivity contribution in [2.24, 2.45) is 0 Å². The van der Waals surface area contributed by atoms with E-state index in [1.165, 1.54) is 5.56 Å². The van der Waals surface area contributed by atoms with Crippen LogP contribution >= 0.6 is 0 Å². The van der Waals surface area contributed by atoms with Crippen molar-refractivity contribution < 1.29 is 4.74 Å². The van der Waals surface area contributed by atoms with E-state index in [9.17, 15) is 0 Å². The second-order valence-corrected chi connectivity index (χ2v) is 6.13. The van der Waals surface area contributed by atoms with Crippen molar-refractivity contribution in [2.75, 3.05) is 5.73 Å². The molecule has 0 bridgehead atoms. The lowest BCUT2D eigenvalue weighted by molar-refractivity contribution is 0.307. The molecule has 4 rings (SSSR count). The van der Waals surface area contributed by atoms with Crippen molar-refractivity contribution in [2.45, 2.75) is 13.5 Å². The number of para-hydroxylation sites is 1. The number of H-pyrrole nitrogens is 1. The lowest BCUT2D eigenvalue weighted by Crippen LogP contribution is -1.97. The Labute approximate surface area is 146 Å². The molecule has 124 valence electrons. The van der Waals surface area contributed by atoms with Gasteiger partial charge in [-0.05, 0) is 42.8 Å². The number of aromatic nitrogens is 2. The molecule has 0 saturated carbocycles. The van der Waals surface area contributed by atoms with Gasteiger partial charge in [-0.3, -0.25) is 0 Å². The van der Waals surface area contributed by atoms with Crippen LogP contribution in [0.1, 0.15) is 11.1 Å². The van der Waals surface area contributed by atoms with Gasteiger partial charge in [-0.15, -0.1) is 0 Å². The molecular formula is C21H19N3O. The number of nitrogen functional groups attached to an aromatic ring is 1.